The number of aryl methyl sites for hydroxylation is 1. The van der Waals surface area contributed by atoms with E-state index in [2.05, 4.69) is 20.9 Å². The second-order valence-corrected chi connectivity index (χ2v) is 11.6. The number of thiophene rings is 1. The van der Waals surface area contributed by atoms with Gasteiger partial charge < -0.3 is 25.6 Å². The van der Waals surface area contributed by atoms with Gasteiger partial charge in [0, 0.05) is 25.3 Å². The van der Waals surface area contributed by atoms with Crippen molar-refractivity contribution < 1.29 is 19.1 Å². The summed E-state index contributed by atoms with van der Waals surface area (Å²) in [4.78, 5) is 49.1. The number of para-hydroxylation sites is 1. The fourth-order valence-corrected chi connectivity index (χ4v) is 6.55. The summed E-state index contributed by atoms with van der Waals surface area (Å²) in [5.74, 6) is 1.07. The van der Waals surface area contributed by atoms with Crippen LogP contribution in [-0.4, -0.2) is 60.0 Å². The lowest BCUT2D eigenvalue weighted by atomic mass is 10.0. The van der Waals surface area contributed by atoms with Gasteiger partial charge in [0.1, 0.15) is 21.2 Å². The largest absolute Gasteiger partial charge is 0.457 e. The van der Waals surface area contributed by atoms with Crippen LogP contribution in [0.15, 0.2) is 60.8 Å². The molecule has 4 heterocycles. The maximum atomic E-state index is 13.9. The van der Waals surface area contributed by atoms with Crippen LogP contribution in [0.5, 0.6) is 11.5 Å². The van der Waals surface area contributed by atoms with Gasteiger partial charge in [-0.05, 0) is 75.7 Å². The van der Waals surface area contributed by atoms with Crippen LogP contribution < -0.4 is 25.6 Å². The number of anilines is 3. The number of benzene rings is 2. The first kappa shape index (κ1) is 27.7. The second-order valence-electron chi connectivity index (χ2n) is 10.6. The standard InChI is InChI=1S/C31H32N6O4S/c1-18-16-22(41-21-9-5-4-6-10-21)11-12-24(18)37-26-25-23(35-31(37)40)13-14-33-29(25)42-27(26)28(38)34-20-8-7-15-36(17-20)30(39)19(2)32-3/h4-6,9-14,16,19-20,32H,7-8,15,17H2,1-3H3,(H,34,38)(H,35,40)/t19-,20+/m0/s1. The molecular formula is C31H32N6O4S. The number of carbonyl (C=O) groups is 3. The van der Waals surface area contributed by atoms with E-state index in [4.69, 9.17) is 4.74 Å². The van der Waals surface area contributed by atoms with Crippen LogP contribution in [-0.2, 0) is 4.79 Å². The zero-order chi connectivity index (χ0) is 29.4. The Labute approximate surface area is 247 Å². The third-order valence-electron chi connectivity index (χ3n) is 7.70. The molecule has 3 N–H and O–H groups in total. The maximum absolute atomic E-state index is 13.9. The number of hydrogen-bond donors (Lipinski definition) is 3. The first-order valence-corrected chi connectivity index (χ1v) is 14.8. The highest BCUT2D eigenvalue weighted by Crippen LogP contribution is 2.47. The maximum Gasteiger partial charge on any atom is 0.331 e. The van der Waals surface area contributed by atoms with E-state index in [0.29, 0.717) is 51.4 Å². The van der Waals surface area contributed by atoms with Gasteiger partial charge in [0.2, 0.25) is 5.91 Å². The minimum atomic E-state index is -0.363. The van der Waals surface area contributed by atoms with Gasteiger partial charge in [-0.1, -0.05) is 18.2 Å². The van der Waals surface area contributed by atoms with Gasteiger partial charge in [0.05, 0.1) is 28.5 Å². The number of ether oxygens (including phenoxy) is 1. The Morgan fingerprint density at radius 1 is 1.14 bits per heavy atom. The lowest BCUT2D eigenvalue weighted by Gasteiger charge is -2.35. The van der Waals surface area contributed by atoms with Crippen molar-refractivity contribution in [1.82, 2.24) is 20.5 Å². The number of nitrogens with zero attached hydrogens (tertiary/aromatic N) is 3. The monoisotopic (exact) mass is 584 g/mol. The Morgan fingerprint density at radius 3 is 2.71 bits per heavy atom. The van der Waals surface area contributed by atoms with Crippen molar-refractivity contribution in [3.63, 3.8) is 0 Å². The first-order chi connectivity index (χ1) is 20.3. The topological polar surface area (TPSA) is 116 Å². The molecule has 0 radical (unpaired) electrons. The minimum Gasteiger partial charge on any atom is -0.457 e. The third-order valence-corrected chi connectivity index (χ3v) is 8.79. The van der Waals surface area contributed by atoms with Gasteiger partial charge in [-0.15, -0.1) is 11.3 Å². The first-order valence-electron chi connectivity index (χ1n) is 14.0. The Morgan fingerprint density at radius 2 is 1.95 bits per heavy atom. The number of nitrogens with one attached hydrogen (secondary N) is 3. The van der Waals surface area contributed by atoms with E-state index in [9.17, 15) is 14.4 Å². The van der Waals surface area contributed by atoms with Crippen molar-refractivity contribution >= 4 is 56.5 Å². The average molecular weight is 585 g/mol. The summed E-state index contributed by atoms with van der Waals surface area (Å²) in [6.45, 7) is 4.84. The molecule has 0 aliphatic carbocycles. The summed E-state index contributed by atoms with van der Waals surface area (Å²) >= 11 is 1.25. The fraction of sp³-hybridized carbons (Fsp3) is 0.290. The summed E-state index contributed by atoms with van der Waals surface area (Å²) in [7, 11) is 1.76. The van der Waals surface area contributed by atoms with Crippen LogP contribution in [0, 0.1) is 6.92 Å². The number of likely N-dealkylation sites (N-methyl/N-ethyl adjacent to an activating group) is 1. The minimum absolute atomic E-state index is 0.0141. The van der Waals surface area contributed by atoms with E-state index in [1.165, 1.54) is 11.3 Å². The number of likely N-dealkylation sites (tertiary alicyclic amines) is 1. The summed E-state index contributed by atoms with van der Waals surface area (Å²) < 4.78 is 6.00. The molecule has 0 saturated carbocycles. The van der Waals surface area contributed by atoms with Crippen molar-refractivity contribution in [2.75, 3.05) is 30.4 Å². The van der Waals surface area contributed by atoms with Crippen LogP contribution in [0.4, 0.5) is 21.9 Å². The number of rotatable bonds is 7. The number of urea groups is 1. The molecule has 4 amide bonds. The third kappa shape index (κ3) is 5.17. The summed E-state index contributed by atoms with van der Waals surface area (Å²) in [5, 5.41) is 9.82. The number of pyridine rings is 1. The van der Waals surface area contributed by atoms with Crippen LogP contribution in [0.1, 0.15) is 35.0 Å². The molecule has 10 nitrogen and oxygen atoms in total. The number of carbonyl (C=O) groups excluding carboxylic acids is 3. The quantitative estimate of drug-likeness (QED) is 0.268. The summed E-state index contributed by atoms with van der Waals surface area (Å²) in [6, 6.07) is 15.9. The molecule has 0 bridgehead atoms. The molecule has 2 atom stereocenters. The zero-order valence-electron chi connectivity index (χ0n) is 23.6. The molecule has 2 aromatic carbocycles. The Balaban J connectivity index is 1.32. The molecule has 11 heteroatoms. The van der Waals surface area contributed by atoms with Crippen molar-refractivity contribution in [1.29, 1.82) is 0 Å². The smallest absolute Gasteiger partial charge is 0.331 e. The molecule has 216 valence electrons. The lowest BCUT2D eigenvalue weighted by Crippen LogP contribution is -2.53. The molecule has 1 fully saturated rings. The van der Waals surface area contributed by atoms with Gasteiger partial charge in [-0.2, -0.15) is 0 Å². The van der Waals surface area contributed by atoms with Crippen LogP contribution in [0.25, 0.3) is 10.2 Å². The van der Waals surface area contributed by atoms with E-state index < -0.39 is 0 Å². The van der Waals surface area contributed by atoms with Crippen molar-refractivity contribution in [3.05, 3.63) is 71.2 Å². The van der Waals surface area contributed by atoms with E-state index in [1.807, 2.05) is 62.4 Å². The lowest BCUT2D eigenvalue weighted by molar-refractivity contribution is -0.134. The molecular weight excluding hydrogens is 552 g/mol. The molecule has 42 heavy (non-hydrogen) atoms. The predicted octanol–water partition coefficient (Wildman–Crippen LogP) is 5.41. The summed E-state index contributed by atoms with van der Waals surface area (Å²) in [6.07, 6.45) is 3.19. The van der Waals surface area contributed by atoms with Crippen LogP contribution in [0.2, 0.25) is 0 Å². The second kappa shape index (κ2) is 11.4. The highest BCUT2D eigenvalue weighted by atomic mass is 32.1. The molecule has 0 unspecified atom stereocenters. The molecule has 2 aliphatic heterocycles. The van der Waals surface area contributed by atoms with E-state index in [0.717, 1.165) is 23.8 Å². The van der Waals surface area contributed by atoms with Gasteiger partial charge in [0.25, 0.3) is 5.91 Å². The van der Waals surface area contributed by atoms with E-state index in [-0.39, 0.29) is 29.9 Å². The molecule has 2 aromatic heterocycles. The highest BCUT2D eigenvalue weighted by Gasteiger charge is 2.36. The van der Waals surface area contributed by atoms with Gasteiger partial charge in [0.15, 0.2) is 0 Å². The van der Waals surface area contributed by atoms with Crippen molar-refractivity contribution in [3.8, 4) is 11.5 Å². The van der Waals surface area contributed by atoms with Gasteiger partial charge in [-0.3, -0.25) is 14.5 Å². The average Bonchev–Trinajstić information content (AvgIpc) is 3.39. The Bertz CT molecular complexity index is 1670. The predicted molar refractivity (Wildman–Crippen MR) is 164 cm³/mol. The molecule has 4 aromatic rings. The zero-order valence-corrected chi connectivity index (χ0v) is 24.5. The van der Waals surface area contributed by atoms with Crippen molar-refractivity contribution in [2.45, 2.75) is 38.8 Å². The van der Waals surface area contributed by atoms with Gasteiger partial charge >= 0.3 is 6.03 Å². The molecule has 6 rings (SSSR count). The SMILES string of the molecule is CN[C@@H](C)C(=O)N1CCC[C@@H](NC(=O)c2sc3nccc4c3c2N(c2ccc(Oc3ccccc3)cc2C)C(=O)N4)C1. The number of amides is 4. The molecule has 0 spiro atoms. The van der Waals surface area contributed by atoms with E-state index in [1.54, 1.807) is 29.1 Å². The van der Waals surface area contributed by atoms with E-state index >= 15 is 0 Å². The van der Waals surface area contributed by atoms with Crippen molar-refractivity contribution in [2.24, 2.45) is 0 Å². The number of aromatic nitrogens is 1. The number of hydrogen-bond acceptors (Lipinski definition) is 7. The van der Waals surface area contributed by atoms with Crippen LogP contribution >= 0.6 is 11.3 Å². The van der Waals surface area contributed by atoms with Gasteiger partial charge in [-0.25, -0.2) is 9.78 Å². The fourth-order valence-electron chi connectivity index (χ4n) is 5.49. The number of piperidine rings is 1. The summed E-state index contributed by atoms with van der Waals surface area (Å²) in [5.41, 5.74) is 2.55. The normalized spacial score (nSPS) is 17.1. The Hall–Kier alpha value is -4.48. The van der Waals surface area contributed by atoms with Crippen LogP contribution in [0.3, 0.4) is 0 Å². The molecule has 1 saturated heterocycles. The molecule has 2 aliphatic rings. The highest BCUT2D eigenvalue weighted by molar-refractivity contribution is 7.21. The Kier molecular flexibility index (Phi) is 7.53.